The molecule has 5 nitrogen and oxygen atoms in total. The van der Waals surface area contributed by atoms with Gasteiger partial charge in [-0.2, -0.15) is 4.31 Å². The second kappa shape index (κ2) is 6.68. The first-order valence-corrected chi connectivity index (χ1v) is 7.98. The molecule has 0 saturated heterocycles. The minimum Gasteiger partial charge on any atom is -0.354 e. The van der Waals surface area contributed by atoms with Crippen LogP contribution >= 0.6 is 0 Å². The van der Waals surface area contributed by atoms with E-state index >= 15 is 0 Å². The molecular weight excluding hydrogens is 264 g/mol. The lowest BCUT2D eigenvalue weighted by Crippen LogP contribution is -2.41. The van der Waals surface area contributed by atoms with Crippen molar-refractivity contribution in [3.8, 4) is 0 Å². The molecule has 0 spiro atoms. The average Bonchev–Trinajstić information content (AvgIpc) is 2.36. The largest absolute Gasteiger partial charge is 0.354 e. The number of carbonyl (C=O) groups excluding carboxylic acids is 1. The molecule has 0 saturated carbocycles. The van der Waals surface area contributed by atoms with Gasteiger partial charge in [-0.15, -0.1) is 0 Å². The number of nitrogens with one attached hydrogen (secondary N) is 1. The van der Waals surface area contributed by atoms with Gasteiger partial charge in [0.15, 0.2) is 0 Å². The van der Waals surface area contributed by atoms with Crippen molar-refractivity contribution in [3.63, 3.8) is 0 Å². The molecule has 0 aliphatic carbocycles. The molecule has 0 bridgehead atoms. The summed E-state index contributed by atoms with van der Waals surface area (Å²) in [6.45, 7) is 2.47. The summed E-state index contributed by atoms with van der Waals surface area (Å²) in [6, 6.07) is 8.06. The number of amides is 1. The van der Waals surface area contributed by atoms with Crippen LogP contribution in [0.4, 0.5) is 0 Å². The predicted octanol–water partition coefficient (Wildman–Crippen LogP) is 1.15. The zero-order valence-electron chi connectivity index (χ0n) is 11.5. The number of nitrogens with zero attached hydrogens (tertiary/aromatic N) is 1. The van der Waals surface area contributed by atoms with E-state index in [1.54, 1.807) is 24.3 Å². The van der Waals surface area contributed by atoms with Crippen molar-refractivity contribution in [1.82, 2.24) is 9.62 Å². The number of likely N-dealkylation sites (N-methyl/N-ethyl adjacent to an activating group) is 1. The van der Waals surface area contributed by atoms with E-state index < -0.39 is 16.1 Å². The maximum Gasteiger partial charge on any atom is 0.242 e. The lowest BCUT2D eigenvalue weighted by molar-refractivity contribution is -0.124. The van der Waals surface area contributed by atoms with Crippen LogP contribution in [0.1, 0.15) is 24.9 Å². The van der Waals surface area contributed by atoms with Gasteiger partial charge in [0.2, 0.25) is 15.9 Å². The van der Waals surface area contributed by atoms with Crippen LogP contribution in [-0.2, 0) is 14.8 Å². The summed E-state index contributed by atoms with van der Waals surface area (Å²) in [5.41, 5.74) is 0.657. The first kappa shape index (κ1) is 15.7. The SMILES string of the molecule is CCCNC(=O)[C@H](c1ccccc1)N(C)S(C)(=O)=O. The summed E-state index contributed by atoms with van der Waals surface area (Å²) in [4.78, 5) is 12.2. The Morgan fingerprint density at radius 1 is 1.32 bits per heavy atom. The first-order chi connectivity index (χ1) is 8.88. The van der Waals surface area contributed by atoms with Gasteiger partial charge in [0.05, 0.1) is 6.26 Å². The molecule has 1 N–H and O–H groups in total. The van der Waals surface area contributed by atoms with Gasteiger partial charge in [0.1, 0.15) is 6.04 Å². The predicted molar refractivity (Wildman–Crippen MR) is 75.1 cm³/mol. The molecule has 1 aromatic rings. The third-order valence-corrected chi connectivity index (χ3v) is 4.06. The Hall–Kier alpha value is -1.40. The maximum atomic E-state index is 12.2. The van der Waals surface area contributed by atoms with E-state index in [2.05, 4.69) is 5.32 Å². The highest BCUT2D eigenvalue weighted by atomic mass is 32.2. The third kappa shape index (κ3) is 4.33. The van der Waals surface area contributed by atoms with Crippen LogP contribution < -0.4 is 5.32 Å². The van der Waals surface area contributed by atoms with Gasteiger partial charge in [-0.1, -0.05) is 37.3 Å². The number of hydrogen-bond acceptors (Lipinski definition) is 3. The molecule has 0 radical (unpaired) electrons. The zero-order chi connectivity index (χ0) is 14.5. The molecule has 1 amide bonds. The molecule has 106 valence electrons. The molecule has 1 aromatic carbocycles. The molecule has 0 heterocycles. The molecule has 0 unspecified atom stereocenters. The normalized spacial score (nSPS) is 13.3. The Morgan fingerprint density at radius 2 is 1.89 bits per heavy atom. The number of hydrogen-bond donors (Lipinski definition) is 1. The van der Waals surface area contributed by atoms with E-state index in [1.807, 2.05) is 13.0 Å². The zero-order valence-corrected chi connectivity index (χ0v) is 12.3. The smallest absolute Gasteiger partial charge is 0.242 e. The van der Waals surface area contributed by atoms with Gasteiger partial charge in [-0.05, 0) is 12.0 Å². The molecule has 19 heavy (non-hydrogen) atoms. The van der Waals surface area contributed by atoms with E-state index in [1.165, 1.54) is 7.05 Å². The van der Waals surface area contributed by atoms with Crippen LogP contribution in [0.5, 0.6) is 0 Å². The molecule has 0 aliphatic heterocycles. The van der Waals surface area contributed by atoms with Crippen LogP contribution in [-0.4, -0.2) is 38.5 Å². The summed E-state index contributed by atoms with van der Waals surface area (Å²) in [6.07, 6.45) is 1.89. The molecule has 1 atom stereocenters. The summed E-state index contributed by atoms with van der Waals surface area (Å²) in [7, 11) is -2.03. The fourth-order valence-corrected chi connectivity index (χ4v) is 2.30. The second-order valence-corrected chi connectivity index (χ2v) is 6.43. The van der Waals surface area contributed by atoms with E-state index in [0.717, 1.165) is 17.0 Å². The summed E-state index contributed by atoms with van der Waals surface area (Å²) >= 11 is 0. The van der Waals surface area contributed by atoms with E-state index in [-0.39, 0.29) is 5.91 Å². The van der Waals surface area contributed by atoms with Crippen molar-refractivity contribution in [2.45, 2.75) is 19.4 Å². The van der Waals surface area contributed by atoms with Gasteiger partial charge < -0.3 is 5.32 Å². The number of carbonyl (C=O) groups is 1. The quantitative estimate of drug-likeness (QED) is 0.852. The van der Waals surface area contributed by atoms with Gasteiger partial charge in [0, 0.05) is 13.6 Å². The first-order valence-electron chi connectivity index (χ1n) is 6.13. The van der Waals surface area contributed by atoms with Gasteiger partial charge in [-0.25, -0.2) is 8.42 Å². The van der Waals surface area contributed by atoms with Crippen LogP contribution in [0.3, 0.4) is 0 Å². The highest BCUT2D eigenvalue weighted by molar-refractivity contribution is 7.88. The monoisotopic (exact) mass is 284 g/mol. The highest BCUT2D eigenvalue weighted by Gasteiger charge is 2.30. The van der Waals surface area contributed by atoms with Crippen LogP contribution in [0.2, 0.25) is 0 Å². The van der Waals surface area contributed by atoms with E-state index in [0.29, 0.717) is 12.1 Å². The van der Waals surface area contributed by atoms with Gasteiger partial charge in [0.25, 0.3) is 0 Å². The summed E-state index contributed by atoms with van der Waals surface area (Å²) in [5, 5.41) is 2.74. The third-order valence-electron chi connectivity index (χ3n) is 2.80. The molecule has 0 aliphatic rings. The molecule has 1 rings (SSSR count). The van der Waals surface area contributed by atoms with Crippen LogP contribution in [0, 0.1) is 0 Å². The summed E-state index contributed by atoms with van der Waals surface area (Å²) < 4.78 is 24.4. The Bertz CT molecular complexity index is 514. The standard InChI is InChI=1S/C13H20N2O3S/c1-4-10-14-13(16)12(15(2)19(3,17)18)11-8-6-5-7-9-11/h5-9,12H,4,10H2,1-3H3,(H,14,16)/t12-/m0/s1. The molecule has 6 heteroatoms. The number of sulfonamides is 1. The number of rotatable bonds is 6. The van der Waals surface area contributed by atoms with Gasteiger partial charge in [-0.3, -0.25) is 4.79 Å². The fourth-order valence-electron chi connectivity index (χ4n) is 1.70. The Morgan fingerprint density at radius 3 is 2.37 bits per heavy atom. The second-order valence-electron chi connectivity index (χ2n) is 4.38. The lowest BCUT2D eigenvalue weighted by Gasteiger charge is -2.25. The lowest BCUT2D eigenvalue weighted by atomic mass is 10.1. The highest BCUT2D eigenvalue weighted by Crippen LogP contribution is 2.21. The van der Waals surface area contributed by atoms with Crippen molar-refractivity contribution >= 4 is 15.9 Å². The Labute approximate surface area is 114 Å². The maximum absolute atomic E-state index is 12.2. The number of benzene rings is 1. The van der Waals surface area contributed by atoms with Crippen molar-refractivity contribution in [1.29, 1.82) is 0 Å². The van der Waals surface area contributed by atoms with Crippen molar-refractivity contribution < 1.29 is 13.2 Å². The van der Waals surface area contributed by atoms with Crippen molar-refractivity contribution in [2.75, 3.05) is 19.8 Å². The topological polar surface area (TPSA) is 66.5 Å². The molecule has 0 aromatic heterocycles. The van der Waals surface area contributed by atoms with Crippen LogP contribution in [0.25, 0.3) is 0 Å². The fraction of sp³-hybridized carbons (Fsp3) is 0.462. The minimum absolute atomic E-state index is 0.305. The van der Waals surface area contributed by atoms with Crippen molar-refractivity contribution in [2.24, 2.45) is 0 Å². The Balaban J connectivity index is 3.08. The van der Waals surface area contributed by atoms with Crippen molar-refractivity contribution in [3.05, 3.63) is 35.9 Å². The Kier molecular flexibility index (Phi) is 5.50. The van der Waals surface area contributed by atoms with Crippen LogP contribution in [0.15, 0.2) is 30.3 Å². The molecular formula is C13H20N2O3S. The minimum atomic E-state index is -3.45. The van der Waals surface area contributed by atoms with E-state index in [9.17, 15) is 13.2 Å². The molecule has 0 fully saturated rings. The van der Waals surface area contributed by atoms with Gasteiger partial charge >= 0.3 is 0 Å². The summed E-state index contributed by atoms with van der Waals surface area (Å²) in [5.74, 6) is -0.305. The van der Waals surface area contributed by atoms with E-state index in [4.69, 9.17) is 0 Å². The average molecular weight is 284 g/mol.